The topological polar surface area (TPSA) is 55.8 Å². The van der Waals surface area contributed by atoms with E-state index in [4.69, 9.17) is 9.47 Å². The van der Waals surface area contributed by atoms with Gasteiger partial charge in [0.2, 0.25) is 0 Å². The number of esters is 1. The molecule has 2 fully saturated rings. The van der Waals surface area contributed by atoms with Crippen LogP contribution in [0.5, 0.6) is 0 Å². The Balaban J connectivity index is 0.000000269. The molecular formula is C28H43F2NO4. The van der Waals surface area contributed by atoms with Crippen molar-refractivity contribution in [3.05, 3.63) is 35.4 Å². The van der Waals surface area contributed by atoms with Gasteiger partial charge in [0.1, 0.15) is 11.7 Å². The molecule has 0 aromatic heterocycles. The van der Waals surface area contributed by atoms with Gasteiger partial charge in [-0.15, -0.1) is 0 Å². The van der Waals surface area contributed by atoms with Gasteiger partial charge in [-0.25, -0.2) is 13.6 Å². The standard InChI is InChI=1S/C16H21F2NO2.C12H22O2/c1-16(2,3)21-15(20)19-8-7-11(10-19)9-12-5-4-6-13(17)14(12)18;1-8(2)11-6-5-9(3)7-12(11)14-10(4)13/h4-6,11H,7-10H2,1-3H3;8-9,11-12H,5-7H2,1-4H3/t;9?,11-,12+/m.0/s1. The molecule has 1 amide bonds. The van der Waals surface area contributed by atoms with Gasteiger partial charge < -0.3 is 14.4 Å². The number of ether oxygens (including phenoxy) is 2. The zero-order chi connectivity index (χ0) is 26.3. The number of hydrogen-bond acceptors (Lipinski definition) is 4. The molecule has 4 atom stereocenters. The summed E-state index contributed by atoms with van der Waals surface area (Å²) < 4.78 is 37.5. The molecule has 0 bridgehead atoms. The number of hydrogen-bond donors (Lipinski definition) is 0. The maximum atomic E-state index is 13.7. The number of carbonyl (C=O) groups is 2. The summed E-state index contributed by atoms with van der Waals surface area (Å²) in [6.45, 7) is 14.8. The molecule has 1 aromatic carbocycles. The van der Waals surface area contributed by atoms with Gasteiger partial charge in [0, 0.05) is 20.0 Å². The molecule has 1 aromatic rings. The molecule has 7 heteroatoms. The van der Waals surface area contributed by atoms with Gasteiger partial charge in [-0.05, 0) is 81.8 Å². The van der Waals surface area contributed by atoms with Gasteiger partial charge in [-0.1, -0.05) is 39.3 Å². The molecular weight excluding hydrogens is 452 g/mol. The van der Waals surface area contributed by atoms with E-state index in [-0.39, 0.29) is 24.1 Å². The molecule has 2 aliphatic rings. The molecule has 2 unspecified atom stereocenters. The molecule has 0 radical (unpaired) electrons. The summed E-state index contributed by atoms with van der Waals surface area (Å²) in [5, 5.41) is 0. The minimum Gasteiger partial charge on any atom is -0.462 e. The quantitative estimate of drug-likeness (QED) is 0.432. The Morgan fingerprint density at radius 3 is 2.43 bits per heavy atom. The van der Waals surface area contributed by atoms with Crippen molar-refractivity contribution in [2.45, 2.75) is 92.3 Å². The maximum absolute atomic E-state index is 13.7. The Labute approximate surface area is 209 Å². The number of rotatable bonds is 4. The van der Waals surface area contributed by atoms with E-state index in [1.165, 1.54) is 25.8 Å². The first-order valence-electron chi connectivity index (χ1n) is 12.8. The number of amides is 1. The lowest BCUT2D eigenvalue weighted by Gasteiger charge is -2.36. The second kappa shape index (κ2) is 12.7. The van der Waals surface area contributed by atoms with Gasteiger partial charge in [-0.3, -0.25) is 4.79 Å². The molecule has 198 valence electrons. The minimum absolute atomic E-state index is 0.130. The molecule has 0 N–H and O–H groups in total. The van der Waals surface area contributed by atoms with E-state index in [0.717, 1.165) is 18.9 Å². The highest BCUT2D eigenvalue weighted by molar-refractivity contribution is 5.68. The fourth-order valence-electron chi connectivity index (χ4n) is 4.97. The van der Waals surface area contributed by atoms with Crippen LogP contribution in [0.15, 0.2) is 18.2 Å². The molecule has 1 heterocycles. The molecule has 1 saturated carbocycles. The predicted molar refractivity (Wildman–Crippen MR) is 133 cm³/mol. The van der Waals surface area contributed by atoms with Crippen molar-refractivity contribution in [3.63, 3.8) is 0 Å². The summed E-state index contributed by atoms with van der Waals surface area (Å²) in [4.78, 5) is 24.5. The van der Waals surface area contributed by atoms with E-state index in [1.54, 1.807) is 11.0 Å². The second-order valence-electron chi connectivity index (χ2n) is 11.5. The molecule has 35 heavy (non-hydrogen) atoms. The summed E-state index contributed by atoms with van der Waals surface area (Å²) in [5.74, 6) is 0.280. The minimum atomic E-state index is -0.825. The van der Waals surface area contributed by atoms with Crippen molar-refractivity contribution < 1.29 is 27.8 Å². The van der Waals surface area contributed by atoms with Crippen molar-refractivity contribution in [1.29, 1.82) is 0 Å². The van der Waals surface area contributed by atoms with Crippen molar-refractivity contribution in [3.8, 4) is 0 Å². The smallest absolute Gasteiger partial charge is 0.410 e. The fourth-order valence-corrected chi connectivity index (χ4v) is 4.97. The highest BCUT2D eigenvalue weighted by atomic mass is 19.2. The van der Waals surface area contributed by atoms with Crippen LogP contribution < -0.4 is 0 Å². The molecule has 1 aliphatic carbocycles. The third-order valence-electron chi connectivity index (χ3n) is 6.76. The van der Waals surface area contributed by atoms with Crippen LogP contribution in [0, 0.1) is 35.3 Å². The first-order valence-corrected chi connectivity index (χ1v) is 12.8. The van der Waals surface area contributed by atoms with E-state index < -0.39 is 17.2 Å². The third kappa shape index (κ3) is 9.42. The lowest BCUT2D eigenvalue weighted by atomic mass is 9.75. The Bertz CT molecular complexity index is 852. The van der Waals surface area contributed by atoms with Crippen LogP contribution in [0.25, 0.3) is 0 Å². The average molecular weight is 496 g/mol. The SMILES string of the molecule is CC(=O)O[C@@H]1CC(C)CC[C@H]1C(C)C.CC(C)(C)OC(=O)N1CCC(Cc2cccc(F)c2F)C1. The van der Waals surface area contributed by atoms with Crippen LogP contribution in [-0.2, 0) is 20.7 Å². The number of carbonyl (C=O) groups excluding carboxylic acids is 2. The predicted octanol–water partition coefficient (Wildman–Crippen LogP) is 6.77. The van der Waals surface area contributed by atoms with Crippen molar-refractivity contribution in [2.24, 2.45) is 23.7 Å². The lowest BCUT2D eigenvalue weighted by molar-refractivity contribution is -0.153. The van der Waals surface area contributed by atoms with Gasteiger partial charge in [0.05, 0.1) is 0 Å². The highest BCUT2D eigenvalue weighted by Crippen LogP contribution is 2.35. The Morgan fingerprint density at radius 2 is 1.83 bits per heavy atom. The number of benzene rings is 1. The fraction of sp³-hybridized carbons (Fsp3) is 0.714. The van der Waals surface area contributed by atoms with E-state index in [9.17, 15) is 18.4 Å². The Hall–Kier alpha value is -2.18. The van der Waals surface area contributed by atoms with Gasteiger partial charge in [-0.2, -0.15) is 0 Å². The van der Waals surface area contributed by atoms with Crippen LogP contribution in [0.4, 0.5) is 13.6 Å². The van der Waals surface area contributed by atoms with Crippen LogP contribution in [-0.4, -0.2) is 41.8 Å². The molecule has 1 saturated heterocycles. The summed E-state index contributed by atoms with van der Waals surface area (Å²) in [7, 11) is 0. The second-order valence-corrected chi connectivity index (χ2v) is 11.5. The molecule has 3 rings (SSSR count). The monoisotopic (exact) mass is 495 g/mol. The molecule has 0 spiro atoms. The zero-order valence-corrected chi connectivity index (χ0v) is 22.4. The largest absolute Gasteiger partial charge is 0.462 e. The number of nitrogens with zero attached hydrogens (tertiary/aromatic N) is 1. The van der Waals surface area contributed by atoms with Crippen LogP contribution in [0.3, 0.4) is 0 Å². The first kappa shape index (κ1) is 29.1. The zero-order valence-electron chi connectivity index (χ0n) is 22.4. The molecule has 5 nitrogen and oxygen atoms in total. The van der Waals surface area contributed by atoms with Crippen molar-refractivity contribution >= 4 is 12.1 Å². The maximum Gasteiger partial charge on any atom is 0.410 e. The van der Waals surface area contributed by atoms with Crippen LogP contribution in [0.1, 0.15) is 79.7 Å². The summed E-state index contributed by atoms with van der Waals surface area (Å²) in [6.07, 6.45) is 4.55. The summed E-state index contributed by atoms with van der Waals surface area (Å²) >= 11 is 0. The number of halogens is 2. The first-order chi connectivity index (χ1) is 16.3. The van der Waals surface area contributed by atoms with E-state index in [2.05, 4.69) is 20.8 Å². The average Bonchev–Trinajstić information content (AvgIpc) is 3.19. The third-order valence-corrected chi connectivity index (χ3v) is 6.76. The number of likely N-dealkylation sites (tertiary alicyclic amines) is 1. The van der Waals surface area contributed by atoms with Crippen molar-refractivity contribution in [2.75, 3.05) is 13.1 Å². The molecule has 1 aliphatic heterocycles. The normalized spacial score (nSPS) is 24.6. The van der Waals surface area contributed by atoms with Gasteiger partial charge >= 0.3 is 12.1 Å². The van der Waals surface area contributed by atoms with E-state index >= 15 is 0 Å². The van der Waals surface area contributed by atoms with Crippen LogP contribution >= 0.6 is 0 Å². The van der Waals surface area contributed by atoms with Crippen molar-refractivity contribution in [1.82, 2.24) is 4.90 Å². The van der Waals surface area contributed by atoms with Gasteiger partial charge in [0.25, 0.3) is 0 Å². The highest BCUT2D eigenvalue weighted by Gasteiger charge is 2.33. The Kier molecular flexibility index (Phi) is 10.5. The van der Waals surface area contributed by atoms with Gasteiger partial charge in [0.15, 0.2) is 11.6 Å². The Morgan fingerprint density at radius 1 is 1.14 bits per heavy atom. The van der Waals surface area contributed by atoms with E-state index in [0.29, 0.717) is 42.8 Å². The summed E-state index contributed by atoms with van der Waals surface area (Å²) in [6, 6.07) is 4.21. The van der Waals surface area contributed by atoms with E-state index in [1.807, 2.05) is 20.8 Å². The lowest BCUT2D eigenvalue weighted by Crippen LogP contribution is -2.35. The summed E-state index contributed by atoms with van der Waals surface area (Å²) in [5.41, 5.74) is -0.157. The van der Waals surface area contributed by atoms with Crippen LogP contribution in [0.2, 0.25) is 0 Å².